The predicted octanol–water partition coefficient (Wildman–Crippen LogP) is 3.30. The second kappa shape index (κ2) is 5.48. The van der Waals surface area contributed by atoms with Crippen molar-refractivity contribution in [3.05, 3.63) is 5.89 Å². The third-order valence-corrected chi connectivity index (χ3v) is 7.40. The summed E-state index contributed by atoms with van der Waals surface area (Å²) >= 11 is 1.39. The molecule has 0 spiro atoms. The number of amides is 1. The molecule has 0 aliphatic heterocycles. The molecule has 4 bridgehead atoms. The topological polar surface area (TPSA) is 68.0 Å². The maximum absolute atomic E-state index is 12.1. The van der Waals surface area contributed by atoms with Gasteiger partial charge in [-0.15, -0.1) is 10.2 Å². The molecule has 0 unspecified atom stereocenters. The van der Waals surface area contributed by atoms with Gasteiger partial charge in [-0.05, 0) is 76.0 Å². The Morgan fingerprint density at radius 2 is 1.79 bits per heavy atom. The zero-order valence-corrected chi connectivity index (χ0v) is 15.0. The van der Waals surface area contributed by atoms with Crippen LogP contribution in [-0.4, -0.2) is 27.4 Å². The van der Waals surface area contributed by atoms with Crippen LogP contribution < -0.4 is 5.32 Å². The van der Waals surface area contributed by atoms with E-state index in [0.29, 0.717) is 11.3 Å². The van der Waals surface area contributed by atoms with Crippen LogP contribution >= 0.6 is 11.8 Å². The maximum atomic E-state index is 12.1. The second-order valence-corrected chi connectivity index (χ2v) is 9.91. The van der Waals surface area contributed by atoms with E-state index in [2.05, 4.69) is 15.5 Å². The van der Waals surface area contributed by atoms with Gasteiger partial charge in [0, 0.05) is 11.5 Å². The quantitative estimate of drug-likeness (QED) is 0.828. The summed E-state index contributed by atoms with van der Waals surface area (Å²) in [6, 6.07) is 0.394. The first-order valence-corrected chi connectivity index (χ1v) is 10.3. The number of hydrogen-bond donors (Lipinski definition) is 1. The Bertz CT molecular complexity index is 619. The minimum Gasteiger partial charge on any atom is -0.415 e. The number of nitrogens with one attached hydrogen (secondary N) is 1. The van der Waals surface area contributed by atoms with Crippen molar-refractivity contribution < 1.29 is 9.21 Å². The molecule has 0 aromatic carbocycles. The molecule has 5 fully saturated rings. The highest BCUT2D eigenvalue weighted by atomic mass is 32.2. The van der Waals surface area contributed by atoms with Gasteiger partial charge >= 0.3 is 0 Å². The summed E-state index contributed by atoms with van der Waals surface area (Å²) in [5.74, 6) is 3.52. The summed E-state index contributed by atoms with van der Waals surface area (Å²) in [5.41, 5.74) is 0.139. The van der Waals surface area contributed by atoms with Crippen LogP contribution in [0.1, 0.15) is 64.2 Å². The zero-order chi connectivity index (χ0) is 16.3. The Balaban J connectivity index is 1.29. The Labute approximate surface area is 146 Å². The molecular formula is C18H25N3O2S. The lowest BCUT2D eigenvalue weighted by molar-refractivity contribution is -0.120. The molecule has 1 amide bonds. The third kappa shape index (κ3) is 2.67. The molecule has 1 heterocycles. The lowest BCUT2D eigenvalue weighted by Crippen LogP contribution is -2.48. The van der Waals surface area contributed by atoms with Crippen molar-refractivity contribution in [2.45, 2.75) is 80.2 Å². The van der Waals surface area contributed by atoms with Gasteiger partial charge in [0.25, 0.3) is 5.22 Å². The summed E-state index contributed by atoms with van der Waals surface area (Å²) in [6.07, 6.45) is 10.1. The van der Waals surface area contributed by atoms with Crippen molar-refractivity contribution in [2.75, 3.05) is 0 Å². The number of nitrogens with zero attached hydrogens (tertiary/aromatic N) is 2. The lowest BCUT2D eigenvalue weighted by atomic mass is 9.49. The molecular weight excluding hydrogens is 322 g/mol. The van der Waals surface area contributed by atoms with E-state index in [1.807, 2.05) is 6.92 Å². The van der Waals surface area contributed by atoms with Crippen LogP contribution in [0.4, 0.5) is 0 Å². The molecule has 6 heteroatoms. The van der Waals surface area contributed by atoms with Gasteiger partial charge in [-0.2, -0.15) is 0 Å². The van der Waals surface area contributed by atoms with Gasteiger partial charge in [-0.1, -0.05) is 11.8 Å². The van der Waals surface area contributed by atoms with Gasteiger partial charge in [0.2, 0.25) is 11.8 Å². The highest BCUT2D eigenvalue weighted by molar-refractivity contribution is 8.00. The number of thioether (sulfide) groups is 1. The molecule has 0 saturated heterocycles. The molecule has 1 aromatic heterocycles. The molecule has 0 radical (unpaired) electrons. The van der Waals surface area contributed by atoms with Crippen LogP contribution in [0.25, 0.3) is 0 Å². The average Bonchev–Trinajstić information content (AvgIpc) is 3.20. The Kier molecular flexibility index (Phi) is 3.48. The Morgan fingerprint density at radius 3 is 2.38 bits per heavy atom. The smallest absolute Gasteiger partial charge is 0.277 e. The fraction of sp³-hybridized carbons (Fsp3) is 0.833. The van der Waals surface area contributed by atoms with E-state index in [1.54, 1.807) is 0 Å². The summed E-state index contributed by atoms with van der Waals surface area (Å²) in [6.45, 7) is 1.91. The molecule has 1 aromatic rings. The monoisotopic (exact) mass is 347 g/mol. The van der Waals surface area contributed by atoms with E-state index in [4.69, 9.17) is 4.42 Å². The van der Waals surface area contributed by atoms with E-state index in [-0.39, 0.29) is 16.6 Å². The molecule has 130 valence electrons. The van der Waals surface area contributed by atoms with E-state index in [9.17, 15) is 4.79 Å². The normalized spacial score (nSPS) is 38.3. The van der Waals surface area contributed by atoms with Crippen molar-refractivity contribution in [2.24, 2.45) is 17.8 Å². The van der Waals surface area contributed by atoms with Crippen molar-refractivity contribution in [1.82, 2.24) is 15.5 Å². The number of carbonyl (C=O) groups is 1. The van der Waals surface area contributed by atoms with Gasteiger partial charge in [-0.3, -0.25) is 4.79 Å². The molecule has 6 rings (SSSR count). The van der Waals surface area contributed by atoms with Crippen LogP contribution in [0, 0.1) is 17.8 Å². The second-order valence-electron chi connectivity index (χ2n) is 8.61. The first kappa shape index (κ1) is 15.2. The van der Waals surface area contributed by atoms with Gasteiger partial charge in [-0.25, -0.2) is 0 Å². The molecule has 5 aliphatic rings. The van der Waals surface area contributed by atoms with Crippen molar-refractivity contribution in [1.29, 1.82) is 0 Å². The van der Waals surface area contributed by atoms with E-state index < -0.39 is 0 Å². The minimum absolute atomic E-state index is 0.0806. The summed E-state index contributed by atoms with van der Waals surface area (Å²) in [5, 5.41) is 12.1. The Morgan fingerprint density at radius 1 is 1.17 bits per heavy atom. The number of aromatic nitrogens is 2. The zero-order valence-electron chi connectivity index (χ0n) is 14.2. The van der Waals surface area contributed by atoms with Gasteiger partial charge in [0.1, 0.15) is 0 Å². The molecule has 5 saturated carbocycles. The van der Waals surface area contributed by atoms with Crippen LogP contribution in [0.15, 0.2) is 9.64 Å². The van der Waals surface area contributed by atoms with Crippen LogP contribution in [0.5, 0.6) is 0 Å². The van der Waals surface area contributed by atoms with Crippen LogP contribution in [0.2, 0.25) is 0 Å². The highest BCUT2D eigenvalue weighted by Crippen LogP contribution is 2.60. The van der Waals surface area contributed by atoms with Gasteiger partial charge in [0.05, 0.1) is 5.25 Å². The van der Waals surface area contributed by atoms with Crippen LogP contribution in [0.3, 0.4) is 0 Å². The summed E-state index contributed by atoms with van der Waals surface area (Å²) in [4.78, 5) is 12.1. The van der Waals surface area contributed by atoms with Crippen LogP contribution in [-0.2, 0) is 10.2 Å². The molecule has 24 heavy (non-hydrogen) atoms. The lowest BCUT2D eigenvalue weighted by Gasteiger charge is -2.55. The minimum atomic E-state index is -0.185. The molecule has 5 aliphatic carbocycles. The first-order valence-electron chi connectivity index (χ1n) is 9.41. The largest absolute Gasteiger partial charge is 0.415 e. The number of rotatable bonds is 5. The Hall–Kier alpha value is -1.04. The molecule has 1 atom stereocenters. The fourth-order valence-corrected chi connectivity index (χ4v) is 6.29. The van der Waals surface area contributed by atoms with Crippen molar-refractivity contribution >= 4 is 17.7 Å². The number of carbonyl (C=O) groups excluding carboxylic acids is 1. The van der Waals surface area contributed by atoms with E-state index in [1.165, 1.54) is 50.3 Å². The van der Waals surface area contributed by atoms with E-state index >= 15 is 0 Å². The standard InChI is InChI=1S/C18H25N3O2S/c1-10(15(22)19-14-2-3-14)24-17-21-20-16(23-17)18-7-11-4-12(8-18)6-13(5-11)9-18/h10-14H,2-9H2,1H3,(H,19,22)/t10-,11?,12?,13?,18?/m0/s1. The SMILES string of the molecule is C[C@H](Sc1nnc(C23CC4CC(CC(C4)C2)C3)o1)C(=O)NC1CC1. The van der Waals surface area contributed by atoms with Gasteiger partial charge < -0.3 is 9.73 Å². The average molecular weight is 347 g/mol. The predicted molar refractivity (Wildman–Crippen MR) is 90.6 cm³/mol. The maximum Gasteiger partial charge on any atom is 0.277 e. The third-order valence-electron chi connectivity index (χ3n) is 6.47. The van der Waals surface area contributed by atoms with E-state index in [0.717, 1.165) is 36.5 Å². The van der Waals surface area contributed by atoms with Gasteiger partial charge in [0.15, 0.2) is 0 Å². The van der Waals surface area contributed by atoms with Crippen molar-refractivity contribution in [3.8, 4) is 0 Å². The summed E-state index contributed by atoms with van der Waals surface area (Å²) in [7, 11) is 0. The fourth-order valence-electron chi connectivity index (χ4n) is 5.60. The molecule has 1 N–H and O–H groups in total. The highest BCUT2D eigenvalue weighted by Gasteiger charge is 2.54. The van der Waals surface area contributed by atoms with Crippen molar-refractivity contribution in [3.63, 3.8) is 0 Å². The summed E-state index contributed by atoms with van der Waals surface area (Å²) < 4.78 is 6.07. The number of hydrogen-bond acceptors (Lipinski definition) is 5. The molecule has 5 nitrogen and oxygen atoms in total. The first-order chi connectivity index (χ1) is 11.6.